The lowest BCUT2D eigenvalue weighted by atomic mass is 10.2. The summed E-state index contributed by atoms with van der Waals surface area (Å²) in [5.74, 6) is 0. The van der Waals surface area contributed by atoms with Crippen molar-refractivity contribution < 1.29 is 8.42 Å². The van der Waals surface area contributed by atoms with Gasteiger partial charge >= 0.3 is 0 Å². The molecule has 0 aliphatic carbocycles. The predicted molar refractivity (Wildman–Crippen MR) is 109 cm³/mol. The quantitative estimate of drug-likeness (QED) is 0.623. The minimum Gasteiger partial charge on any atom is -0.365 e. The molecule has 0 spiro atoms. The molecule has 8 nitrogen and oxygen atoms in total. The molecule has 3 heterocycles. The fourth-order valence-corrected chi connectivity index (χ4v) is 5.11. The Bertz CT molecular complexity index is 1210. The summed E-state index contributed by atoms with van der Waals surface area (Å²) in [5.41, 5.74) is 2.49. The Morgan fingerprint density at radius 1 is 1.25 bits per heavy atom. The zero-order chi connectivity index (χ0) is 20.1. The van der Waals surface area contributed by atoms with E-state index in [1.807, 2.05) is 13.0 Å². The second-order valence-corrected chi connectivity index (χ2v) is 10.1. The van der Waals surface area contributed by atoms with Gasteiger partial charge in [0.05, 0.1) is 17.1 Å². The Labute approximate surface area is 167 Å². The van der Waals surface area contributed by atoms with Gasteiger partial charge in [0.15, 0.2) is 0 Å². The molecule has 0 amide bonds. The van der Waals surface area contributed by atoms with E-state index in [1.165, 1.54) is 40.3 Å². The Balaban J connectivity index is 1.64. The summed E-state index contributed by atoms with van der Waals surface area (Å²) in [6, 6.07) is 6.74. The van der Waals surface area contributed by atoms with Crippen molar-refractivity contribution in [3.8, 4) is 0 Å². The van der Waals surface area contributed by atoms with Gasteiger partial charge in [-0.3, -0.25) is 4.79 Å². The summed E-state index contributed by atoms with van der Waals surface area (Å²) >= 11 is 1.43. The topological polar surface area (TPSA) is 87.9 Å². The van der Waals surface area contributed by atoms with Gasteiger partial charge in [0.2, 0.25) is 15.0 Å². The normalized spacial score (nSPS) is 14.2. The number of aromatic nitrogens is 3. The molecule has 0 atom stereocenters. The summed E-state index contributed by atoms with van der Waals surface area (Å²) in [5, 5.41) is 5.15. The molecular formula is C18H21N5O3S2. The largest absolute Gasteiger partial charge is 0.365 e. The molecule has 0 saturated carbocycles. The minimum atomic E-state index is -3.45. The molecule has 0 radical (unpaired) electrons. The highest BCUT2D eigenvalue weighted by Crippen LogP contribution is 2.31. The van der Waals surface area contributed by atoms with Gasteiger partial charge in [-0.05, 0) is 36.6 Å². The second kappa shape index (κ2) is 6.94. The van der Waals surface area contributed by atoms with Gasteiger partial charge in [0.1, 0.15) is 5.01 Å². The lowest BCUT2D eigenvalue weighted by molar-refractivity contribution is 0.520. The molecule has 28 heavy (non-hydrogen) atoms. The molecule has 148 valence electrons. The zero-order valence-corrected chi connectivity index (χ0v) is 17.5. The van der Waals surface area contributed by atoms with Crippen LogP contribution in [0.15, 0.2) is 34.0 Å². The monoisotopic (exact) mass is 419 g/mol. The molecular weight excluding hydrogens is 398 g/mol. The highest BCUT2D eigenvalue weighted by molar-refractivity contribution is 7.89. The maximum absolute atomic E-state index is 12.4. The summed E-state index contributed by atoms with van der Waals surface area (Å²) in [7, 11) is -0.399. The molecule has 1 aliphatic heterocycles. The third-order valence-electron chi connectivity index (χ3n) is 4.82. The van der Waals surface area contributed by atoms with Crippen LogP contribution in [0.5, 0.6) is 0 Å². The fraction of sp³-hybridized carbons (Fsp3) is 0.389. The third kappa shape index (κ3) is 3.21. The first-order valence-corrected chi connectivity index (χ1v) is 11.2. The minimum absolute atomic E-state index is 0.178. The smallest absolute Gasteiger partial charge is 0.275 e. The van der Waals surface area contributed by atoms with E-state index in [0.717, 1.165) is 35.6 Å². The molecule has 2 aromatic heterocycles. The standard InChI is InChI=1S/C18H21N5O3S2/c1-4-16-20-23-17(24)10-13(19-18(23)27-16)11-22-8-7-12-9-14(5-6-15(12)22)28(25,26)21(2)3/h5-6,9-10H,4,7-8,11H2,1-3H3. The van der Waals surface area contributed by atoms with Gasteiger partial charge in [-0.1, -0.05) is 18.3 Å². The van der Waals surface area contributed by atoms with Crippen molar-refractivity contribution in [3.63, 3.8) is 0 Å². The van der Waals surface area contributed by atoms with Crippen molar-refractivity contribution in [2.24, 2.45) is 0 Å². The van der Waals surface area contributed by atoms with Gasteiger partial charge in [-0.15, -0.1) is 0 Å². The van der Waals surface area contributed by atoms with Gasteiger partial charge < -0.3 is 4.90 Å². The van der Waals surface area contributed by atoms with Crippen LogP contribution in [-0.2, 0) is 29.4 Å². The predicted octanol–water partition coefficient (Wildman–Crippen LogP) is 1.53. The molecule has 10 heteroatoms. The average molecular weight is 420 g/mol. The molecule has 3 aromatic rings. The van der Waals surface area contributed by atoms with Crippen molar-refractivity contribution >= 4 is 32.0 Å². The maximum Gasteiger partial charge on any atom is 0.275 e. The van der Waals surface area contributed by atoms with E-state index in [9.17, 15) is 13.2 Å². The Morgan fingerprint density at radius 3 is 2.75 bits per heavy atom. The van der Waals surface area contributed by atoms with Crippen molar-refractivity contribution in [3.05, 3.63) is 50.9 Å². The summed E-state index contributed by atoms with van der Waals surface area (Å²) in [6.45, 7) is 3.25. The number of hydrogen-bond acceptors (Lipinski definition) is 7. The number of hydrogen-bond donors (Lipinski definition) is 0. The van der Waals surface area contributed by atoms with Gasteiger partial charge in [0, 0.05) is 32.4 Å². The second-order valence-electron chi connectivity index (χ2n) is 6.88. The van der Waals surface area contributed by atoms with Crippen LogP contribution in [0, 0.1) is 0 Å². The molecule has 0 N–H and O–H groups in total. The van der Waals surface area contributed by atoms with Gasteiger partial charge in [0.25, 0.3) is 5.56 Å². The molecule has 1 aliphatic rings. The highest BCUT2D eigenvalue weighted by atomic mass is 32.2. The first kappa shape index (κ1) is 19.0. The molecule has 0 saturated heterocycles. The lowest BCUT2D eigenvalue weighted by Gasteiger charge is -2.19. The van der Waals surface area contributed by atoms with Crippen molar-refractivity contribution in [2.75, 3.05) is 25.5 Å². The Morgan fingerprint density at radius 2 is 2.04 bits per heavy atom. The SMILES string of the molecule is CCc1nn2c(=O)cc(CN3CCc4cc(S(=O)(=O)N(C)C)ccc43)nc2s1. The van der Waals surface area contributed by atoms with E-state index in [1.54, 1.807) is 12.1 Å². The lowest BCUT2D eigenvalue weighted by Crippen LogP contribution is -2.23. The van der Waals surface area contributed by atoms with Crippen molar-refractivity contribution in [2.45, 2.75) is 31.2 Å². The van der Waals surface area contributed by atoms with Crippen LogP contribution in [0.4, 0.5) is 5.69 Å². The van der Waals surface area contributed by atoms with E-state index >= 15 is 0 Å². The molecule has 0 fully saturated rings. The van der Waals surface area contributed by atoms with Crippen LogP contribution in [-0.4, -0.2) is 48.0 Å². The fourth-order valence-electron chi connectivity index (χ4n) is 3.30. The van der Waals surface area contributed by atoms with Crippen LogP contribution >= 0.6 is 11.3 Å². The van der Waals surface area contributed by atoms with Crippen LogP contribution < -0.4 is 10.5 Å². The number of benzene rings is 1. The van der Waals surface area contributed by atoms with Gasteiger partial charge in [-0.25, -0.2) is 17.7 Å². The number of nitrogens with zero attached hydrogens (tertiary/aromatic N) is 5. The van der Waals surface area contributed by atoms with Crippen molar-refractivity contribution in [1.29, 1.82) is 0 Å². The molecule has 0 unspecified atom stereocenters. The highest BCUT2D eigenvalue weighted by Gasteiger charge is 2.24. The number of aryl methyl sites for hydroxylation is 1. The molecule has 4 rings (SSSR count). The maximum atomic E-state index is 12.4. The van der Waals surface area contributed by atoms with E-state index in [0.29, 0.717) is 22.1 Å². The van der Waals surface area contributed by atoms with Crippen LogP contribution in [0.3, 0.4) is 0 Å². The first-order chi connectivity index (χ1) is 13.3. The zero-order valence-electron chi connectivity index (χ0n) is 15.9. The first-order valence-electron chi connectivity index (χ1n) is 8.98. The number of sulfonamides is 1. The summed E-state index contributed by atoms with van der Waals surface area (Å²) in [4.78, 5) is 20.0. The van der Waals surface area contributed by atoms with Crippen LogP contribution in [0.25, 0.3) is 4.96 Å². The summed E-state index contributed by atoms with van der Waals surface area (Å²) < 4.78 is 27.3. The summed E-state index contributed by atoms with van der Waals surface area (Å²) in [6.07, 6.45) is 1.52. The number of anilines is 1. The Kier molecular flexibility index (Phi) is 4.72. The molecule has 0 bridgehead atoms. The Hall–Kier alpha value is -2.30. The van der Waals surface area contributed by atoms with E-state index in [2.05, 4.69) is 15.0 Å². The van der Waals surface area contributed by atoms with E-state index in [-0.39, 0.29) is 5.56 Å². The van der Waals surface area contributed by atoms with Crippen molar-refractivity contribution in [1.82, 2.24) is 18.9 Å². The average Bonchev–Trinajstić information content (AvgIpc) is 3.25. The van der Waals surface area contributed by atoms with Crippen LogP contribution in [0.1, 0.15) is 23.2 Å². The molecule has 1 aromatic carbocycles. The number of rotatable bonds is 5. The van der Waals surface area contributed by atoms with Gasteiger partial charge in [-0.2, -0.15) is 9.61 Å². The van der Waals surface area contributed by atoms with E-state index in [4.69, 9.17) is 0 Å². The third-order valence-corrected chi connectivity index (χ3v) is 7.68. The van der Waals surface area contributed by atoms with E-state index < -0.39 is 10.0 Å². The van der Waals surface area contributed by atoms with Crippen LogP contribution in [0.2, 0.25) is 0 Å². The number of fused-ring (bicyclic) bond motifs is 2.